The third-order valence-corrected chi connectivity index (χ3v) is 8.13. The molecule has 11 heteroatoms. The van der Waals surface area contributed by atoms with E-state index in [0.29, 0.717) is 48.7 Å². The molecule has 0 radical (unpaired) electrons. The van der Waals surface area contributed by atoms with Gasteiger partial charge in [-0.05, 0) is 63.6 Å². The third-order valence-electron chi connectivity index (χ3n) is 8.13. The highest BCUT2D eigenvalue weighted by Crippen LogP contribution is 2.32. The smallest absolute Gasteiger partial charge is 0.410 e. The molecule has 0 atom stereocenters. The van der Waals surface area contributed by atoms with E-state index >= 15 is 0 Å². The number of pyridine rings is 2. The number of alkyl halides is 2. The number of aryl methyl sites for hydroxylation is 2. The summed E-state index contributed by atoms with van der Waals surface area (Å²) >= 11 is 0. The zero-order valence-electron chi connectivity index (χ0n) is 26.2. The lowest BCUT2D eigenvalue weighted by atomic mass is 10.0. The van der Waals surface area contributed by atoms with E-state index in [1.54, 1.807) is 43.3 Å². The first kappa shape index (κ1) is 31.4. The summed E-state index contributed by atoms with van der Waals surface area (Å²) in [7, 11) is 1.62. The summed E-state index contributed by atoms with van der Waals surface area (Å²) in [4.78, 5) is 37.3. The van der Waals surface area contributed by atoms with Crippen molar-refractivity contribution in [3.63, 3.8) is 0 Å². The van der Waals surface area contributed by atoms with Crippen molar-refractivity contribution < 1.29 is 18.3 Å². The van der Waals surface area contributed by atoms with Gasteiger partial charge in [-0.3, -0.25) is 9.69 Å². The summed E-state index contributed by atoms with van der Waals surface area (Å²) in [6.45, 7) is 13.9. The van der Waals surface area contributed by atoms with E-state index in [4.69, 9.17) is 4.74 Å². The summed E-state index contributed by atoms with van der Waals surface area (Å²) in [5.74, 6) is 0.543. The Balaban J connectivity index is 1.15. The molecule has 1 aromatic carbocycles. The Kier molecular flexibility index (Phi) is 9.24. The lowest BCUT2D eigenvalue weighted by Crippen LogP contribution is -2.50. The molecule has 2 aliphatic heterocycles. The Bertz CT molecular complexity index is 1490. The molecule has 0 unspecified atom stereocenters. The van der Waals surface area contributed by atoms with Gasteiger partial charge in [-0.1, -0.05) is 12.1 Å². The minimum Gasteiger partial charge on any atom is -0.444 e. The van der Waals surface area contributed by atoms with E-state index in [9.17, 15) is 18.4 Å². The van der Waals surface area contributed by atoms with Gasteiger partial charge >= 0.3 is 6.09 Å². The number of carbonyl (C=O) groups is 1. The average Bonchev–Trinajstić information content (AvgIpc) is 2.99. The third kappa shape index (κ3) is 7.38. The van der Waals surface area contributed by atoms with E-state index in [0.717, 1.165) is 38.4 Å². The molecule has 2 aliphatic rings. The van der Waals surface area contributed by atoms with Crippen LogP contribution in [0, 0.1) is 6.92 Å². The second-order valence-corrected chi connectivity index (χ2v) is 12.6. The van der Waals surface area contributed by atoms with Gasteiger partial charge in [-0.25, -0.2) is 18.6 Å². The Labute approximate surface area is 257 Å². The molecule has 5 rings (SSSR count). The number of rotatable bonds is 6. The van der Waals surface area contributed by atoms with Crippen LogP contribution in [0.2, 0.25) is 0 Å². The first-order valence-corrected chi connectivity index (χ1v) is 15.1. The predicted molar refractivity (Wildman–Crippen MR) is 169 cm³/mol. The maximum Gasteiger partial charge on any atom is 0.410 e. The number of benzene rings is 1. The first-order valence-electron chi connectivity index (χ1n) is 15.1. The number of amides is 1. The molecular formula is C33H42F2N6O3. The standard InChI is InChI=1S/C33H42F2N6O3/c1-23-20-25(22-37(5)31(23)42)27-10-11-28(36-29(27)30(34)35)40-14-12-38(13-15-40)21-24-6-8-26(9-7-24)39-16-18-41(19-17-39)32(43)44-33(2,3)4/h6-11,20,22,30H,12-19,21H2,1-5H3. The molecule has 1 amide bonds. The number of aromatic nitrogens is 2. The fraction of sp³-hybridized carbons (Fsp3) is 0.485. The second-order valence-electron chi connectivity index (χ2n) is 12.6. The summed E-state index contributed by atoms with van der Waals surface area (Å²) in [6, 6.07) is 13.7. The van der Waals surface area contributed by atoms with E-state index in [2.05, 4.69) is 43.9 Å². The highest BCUT2D eigenvalue weighted by Gasteiger charge is 2.26. The molecule has 236 valence electrons. The van der Waals surface area contributed by atoms with Crippen LogP contribution in [0.4, 0.5) is 25.1 Å². The van der Waals surface area contributed by atoms with E-state index in [-0.39, 0.29) is 17.3 Å². The number of hydrogen-bond acceptors (Lipinski definition) is 7. The van der Waals surface area contributed by atoms with Gasteiger partial charge in [0.25, 0.3) is 12.0 Å². The van der Waals surface area contributed by atoms with Crippen LogP contribution in [0.3, 0.4) is 0 Å². The van der Waals surface area contributed by atoms with Gasteiger partial charge in [0.05, 0.1) is 0 Å². The quantitative estimate of drug-likeness (QED) is 0.387. The molecule has 3 aromatic rings. The van der Waals surface area contributed by atoms with E-state index < -0.39 is 12.0 Å². The topological polar surface area (TPSA) is 74.2 Å². The maximum absolute atomic E-state index is 14.1. The molecule has 0 N–H and O–H groups in total. The van der Waals surface area contributed by atoms with Crippen LogP contribution >= 0.6 is 0 Å². The first-order chi connectivity index (χ1) is 20.9. The molecule has 2 aromatic heterocycles. The van der Waals surface area contributed by atoms with Crippen LogP contribution in [-0.4, -0.2) is 83.4 Å². The molecule has 4 heterocycles. The van der Waals surface area contributed by atoms with Crippen LogP contribution in [0.5, 0.6) is 0 Å². The van der Waals surface area contributed by atoms with Gasteiger partial charge in [0.2, 0.25) is 0 Å². The SMILES string of the molecule is Cc1cc(-c2ccc(N3CCN(Cc4ccc(N5CCN(C(=O)OC(C)(C)C)CC5)cc4)CC3)nc2C(F)F)cn(C)c1=O. The number of carbonyl (C=O) groups excluding carboxylic acids is 1. The number of ether oxygens (including phenoxy) is 1. The van der Waals surface area contributed by atoms with Gasteiger partial charge in [-0.2, -0.15) is 0 Å². The van der Waals surface area contributed by atoms with Gasteiger partial charge < -0.3 is 24.0 Å². The lowest BCUT2D eigenvalue weighted by Gasteiger charge is -2.37. The number of halogens is 2. The summed E-state index contributed by atoms with van der Waals surface area (Å²) < 4.78 is 35.1. The number of nitrogens with zero attached hydrogens (tertiary/aromatic N) is 6. The van der Waals surface area contributed by atoms with Crippen LogP contribution < -0.4 is 15.4 Å². The van der Waals surface area contributed by atoms with Gasteiger partial charge in [0.1, 0.15) is 17.1 Å². The molecular weight excluding hydrogens is 566 g/mol. The van der Waals surface area contributed by atoms with Gasteiger partial charge in [0.15, 0.2) is 0 Å². The zero-order valence-corrected chi connectivity index (χ0v) is 26.2. The van der Waals surface area contributed by atoms with Crippen molar-refractivity contribution in [2.75, 3.05) is 62.2 Å². The zero-order chi connectivity index (χ0) is 31.6. The van der Waals surface area contributed by atoms with Crippen LogP contribution in [-0.2, 0) is 18.3 Å². The Morgan fingerprint density at radius 2 is 1.57 bits per heavy atom. The molecule has 9 nitrogen and oxygen atoms in total. The molecule has 0 bridgehead atoms. The van der Waals surface area contributed by atoms with E-state index in [1.807, 2.05) is 20.8 Å². The molecule has 44 heavy (non-hydrogen) atoms. The van der Waals surface area contributed by atoms with E-state index in [1.165, 1.54) is 10.1 Å². The normalized spacial score (nSPS) is 16.5. The lowest BCUT2D eigenvalue weighted by molar-refractivity contribution is 0.0240. The van der Waals surface area contributed by atoms with Gasteiger partial charge in [-0.15, -0.1) is 0 Å². The summed E-state index contributed by atoms with van der Waals surface area (Å²) in [5.41, 5.74) is 2.83. The monoisotopic (exact) mass is 608 g/mol. The maximum atomic E-state index is 14.1. The van der Waals surface area contributed by atoms with Crippen molar-refractivity contribution >= 4 is 17.6 Å². The average molecular weight is 609 g/mol. The van der Waals surface area contributed by atoms with Crippen LogP contribution in [0.25, 0.3) is 11.1 Å². The fourth-order valence-electron chi connectivity index (χ4n) is 5.75. The van der Waals surface area contributed by atoms with Crippen molar-refractivity contribution in [2.24, 2.45) is 7.05 Å². The van der Waals surface area contributed by atoms with Crippen LogP contribution in [0.15, 0.2) is 53.5 Å². The highest BCUT2D eigenvalue weighted by molar-refractivity contribution is 5.69. The molecule has 0 spiro atoms. The summed E-state index contributed by atoms with van der Waals surface area (Å²) in [5, 5.41) is 0. The molecule has 2 saturated heterocycles. The van der Waals surface area contributed by atoms with Crippen molar-refractivity contribution in [3.8, 4) is 11.1 Å². The van der Waals surface area contributed by atoms with Crippen molar-refractivity contribution in [1.82, 2.24) is 19.4 Å². The summed E-state index contributed by atoms with van der Waals surface area (Å²) in [6.07, 6.45) is -1.41. The van der Waals surface area contributed by atoms with Crippen molar-refractivity contribution in [1.29, 1.82) is 0 Å². The predicted octanol–water partition coefficient (Wildman–Crippen LogP) is 5.07. The largest absolute Gasteiger partial charge is 0.444 e. The molecule has 0 saturated carbocycles. The fourth-order valence-corrected chi connectivity index (χ4v) is 5.75. The number of piperazine rings is 2. The molecule has 0 aliphatic carbocycles. The Morgan fingerprint density at radius 1 is 0.932 bits per heavy atom. The van der Waals surface area contributed by atoms with Crippen LogP contribution in [0.1, 0.15) is 44.0 Å². The number of anilines is 2. The Morgan fingerprint density at radius 3 is 2.16 bits per heavy atom. The van der Waals surface area contributed by atoms with Gasteiger partial charge in [0, 0.05) is 94.5 Å². The Hall–Kier alpha value is -3.99. The molecule has 2 fully saturated rings. The minimum absolute atomic E-state index is 0.152. The minimum atomic E-state index is -2.74. The number of hydrogen-bond donors (Lipinski definition) is 0. The van der Waals surface area contributed by atoms with Crippen molar-refractivity contribution in [3.05, 3.63) is 75.8 Å². The van der Waals surface area contributed by atoms with Crippen molar-refractivity contribution in [2.45, 2.75) is 46.3 Å². The second kappa shape index (κ2) is 12.9. The highest BCUT2D eigenvalue weighted by atomic mass is 19.3.